The lowest BCUT2D eigenvalue weighted by atomic mass is 10.1. The van der Waals surface area contributed by atoms with Gasteiger partial charge in [-0.2, -0.15) is 13.2 Å². The zero-order valence-electron chi connectivity index (χ0n) is 16.1. The van der Waals surface area contributed by atoms with Crippen LogP contribution in [0.4, 0.5) is 35.0 Å². The summed E-state index contributed by atoms with van der Waals surface area (Å²) in [5.74, 6) is -0.943. The molecular formula is C23H18F3N3O2. The van der Waals surface area contributed by atoms with Gasteiger partial charge in [0.2, 0.25) is 5.91 Å². The summed E-state index contributed by atoms with van der Waals surface area (Å²) >= 11 is 0. The minimum Gasteiger partial charge on any atom is -0.322 e. The molecule has 0 atom stereocenters. The van der Waals surface area contributed by atoms with Gasteiger partial charge >= 0.3 is 12.2 Å². The molecule has 0 heterocycles. The maximum atomic E-state index is 13.4. The van der Waals surface area contributed by atoms with Crippen LogP contribution in [-0.2, 0) is 4.79 Å². The quantitative estimate of drug-likeness (QED) is 0.445. The Morgan fingerprint density at radius 3 is 1.81 bits per heavy atom. The molecule has 31 heavy (non-hydrogen) atoms. The minimum absolute atomic E-state index is 0.113. The standard InChI is InChI=1S/C23H18F3N3O2/c24-23(25,26)20(16-8-3-1-4-9-16)15-21(30)27-18-12-7-13-19(14-18)29-22(31)28-17-10-5-2-6-11-17/h1-15H,(H,27,30)(H2,28,29,31)/b20-15+. The van der Waals surface area contributed by atoms with Crippen molar-refractivity contribution in [3.8, 4) is 0 Å². The van der Waals surface area contributed by atoms with Gasteiger partial charge in [0.15, 0.2) is 0 Å². The highest BCUT2D eigenvalue weighted by Gasteiger charge is 2.35. The third kappa shape index (κ3) is 6.46. The van der Waals surface area contributed by atoms with Crippen LogP contribution in [0.25, 0.3) is 5.57 Å². The zero-order valence-corrected chi connectivity index (χ0v) is 16.1. The number of benzene rings is 3. The summed E-state index contributed by atoms with van der Waals surface area (Å²) in [7, 11) is 0. The number of anilines is 3. The van der Waals surface area contributed by atoms with Crippen LogP contribution in [0.3, 0.4) is 0 Å². The number of amides is 3. The van der Waals surface area contributed by atoms with Crippen molar-refractivity contribution in [2.24, 2.45) is 0 Å². The summed E-state index contributed by atoms with van der Waals surface area (Å²) in [6.45, 7) is 0. The van der Waals surface area contributed by atoms with Crippen LogP contribution < -0.4 is 16.0 Å². The van der Waals surface area contributed by atoms with Crippen molar-refractivity contribution >= 4 is 34.6 Å². The van der Waals surface area contributed by atoms with Gasteiger partial charge in [-0.25, -0.2) is 4.79 Å². The number of rotatable bonds is 5. The fourth-order valence-corrected chi connectivity index (χ4v) is 2.75. The summed E-state index contributed by atoms with van der Waals surface area (Å²) < 4.78 is 40.2. The Bertz CT molecular complexity index is 1080. The molecule has 0 bridgehead atoms. The first-order valence-electron chi connectivity index (χ1n) is 9.20. The van der Waals surface area contributed by atoms with Gasteiger partial charge in [0.1, 0.15) is 0 Å². The molecule has 3 aromatic carbocycles. The molecular weight excluding hydrogens is 407 g/mol. The number of para-hydroxylation sites is 1. The van der Waals surface area contributed by atoms with E-state index in [-0.39, 0.29) is 11.3 Å². The number of urea groups is 1. The molecule has 3 rings (SSSR count). The van der Waals surface area contributed by atoms with E-state index in [0.717, 1.165) is 0 Å². The Labute approximate surface area is 176 Å². The molecule has 0 aliphatic heterocycles. The molecule has 158 valence electrons. The molecule has 0 aliphatic rings. The van der Waals surface area contributed by atoms with Crippen LogP contribution in [0.2, 0.25) is 0 Å². The lowest BCUT2D eigenvalue weighted by Crippen LogP contribution is -2.19. The Balaban J connectivity index is 1.70. The van der Waals surface area contributed by atoms with Crippen molar-refractivity contribution in [3.05, 3.63) is 96.6 Å². The summed E-state index contributed by atoms with van der Waals surface area (Å²) in [6, 6.07) is 21.4. The van der Waals surface area contributed by atoms with E-state index >= 15 is 0 Å². The van der Waals surface area contributed by atoms with Crippen LogP contribution >= 0.6 is 0 Å². The smallest absolute Gasteiger partial charge is 0.322 e. The first-order valence-corrected chi connectivity index (χ1v) is 9.20. The second kappa shape index (κ2) is 9.62. The van der Waals surface area contributed by atoms with E-state index in [1.54, 1.807) is 42.5 Å². The van der Waals surface area contributed by atoms with Gasteiger partial charge in [0.25, 0.3) is 0 Å². The maximum Gasteiger partial charge on any atom is 0.417 e. The number of allylic oxidation sites excluding steroid dienone is 1. The fraction of sp³-hybridized carbons (Fsp3) is 0.0435. The van der Waals surface area contributed by atoms with Crippen molar-refractivity contribution in [2.45, 2.75) is 6.18 Å². The monoisotopic (exact) mass is 425 g/mol. The molecule has 3 amide bonds. The average molecular weight is 425 g/mol. The highest BCUT2D eigenvalue weighted by atomic mass is 19.4. The Kier molecular flexibility index (Phi) is 6.71. The number of hydrogen-bond donors (Lipinski definition) is 3. The van der Waals surface area contributed by atoms with Crippen molar-refractivity contribution in [2.75, 3.05) is 16.0 Å². The normalized spacial score (nSPS) is 11.5. The largest absolute Gasteiger partial charge is 0.417 e. The lowest BCUT2D eigenvalue weighted by Gasteiger charge is -2.12. The average Bonchev–Trinajstić information content (AvgIpc) is 2.73. The highest BCUT2D eigenvalue weighted by molar-refractivity contribution is 6.05. The van der Waals surface area contributed by atoms with Gasteiger partial charge in [-0.1, -0.05) is 54.6 Å². The topological polar surface area (TPSA) is 70.2 Å². The van der Waals surface area contributed by atoms with Crippen LogP contribution in [-0.4, -0.2) is 18.1 Å². The Hall–Kier alpha value is -4.07. The summed E-state index contributed by atoms with van der Waals surface area (Å²) in [4.78, 5) is 24.3. The number of carbonyl (C=O) groups excluding carboxylic acids is 2. The number of hydrogen-bond acceptors (Lipinski definition) is 2. The molecule has 0 aromatic heterocycles. The van der Waals surface area contributed by atoms with Crippen LogP contribution in [0.5, 0.6) is 0 Å². The lowest BCUT2D eigenvalue weighted by molar-refractivity contribution is -0.112. The maximum absolute atomic E-state index is 13.4. The fourth-order valence-electron chi connectivity index (χ4n) is 2.75. The summed E-state index contributed by atoms with van der Waals surface area (Å²) in [6.07, 6.45) is -4.19. The Morgan fingerprint density at radius 2 is 1.19 bits per heavy atom. The number of alkyl halides is 3. The van der Waals surface area contributed by atoms with Gasteiger partial charge in [-0.05, 0) is 35.9 Å². The molecule has 0 spiro atoms. The predicted octanol–water partition coefficient (Wildman–Crippen LogP) is 5.92. The first-order chi connectivity index (χ1) is 14.8. The van der Waals surface area contributed by atoms with Gasteiger partial charge in [0.05, 0.1) is 5.57 Å². The SMILES string of the molecule is O=C(/C=C(\c1ccccc1)C(F)(F)F)Nc1cccc(NC(=O)Nc2ccccc2)c1. The van der Waals surface area contributed by atoms with Crippen LogP contribution in [0, 0.1) is 0 Å². The van der Waals surface area contributed by atoms with Crippen molar-refractivity contribution in [1.82, 2.24) is 0 Å². The zero-order chi connectivity index (χ0) is 22.3. The van der Waals surface area contributed by atoms with Gasteiger partial charge in [-0.3, -0.25) is 4.79 Å². The van der Waals surface area contributed by atoms with Crippen LogP contribution in [0.15, 0.2) is 91.0 Å². The molecule has 0 radical (unpaired) electrons. The predicted molar refractivity (Wildman–Crippen MR) is 115 cm³/mol. The molecule has 0 unspecified atom stereocenters. The summed E-state index contributed by atoms with van der Waals surface area (Å²) in [5.41, 5.74) is 0.0121. The molecule has 8 heteroatoms. The minimum atomic E-state index is -4.70. The molecule has 5 nitrogen and oxygen atoms in total. The van der Waals surface area contributed by atoms with Crippen molar-refractivity contribution in [3.63, 3.8) is 0 Å². The van der Waals surface area contributed by atoms with Gasteiger partial charge in [-0.15, -0.1) is 0 Å². The molecule has 0 saturated heterocycles. The van der Waals surface area contributed by atoms with Gasteiger partial charge < -0.3 is 16.0 Å². The summed E-state index contributed by atoms with van der Waals surface area (Å²) in [5, 5.41) is 7.63. The second-order valence-electron chi connectivity index (χ2n) is 6.44. The van der Waals surface area contributed by atoms with Crippen LogP contribution in [0.1, 0.15) is 5.56 Å². The number of carbonyl (C=O) groups is 2. The third-order valence-corrected chi connectivity index (χ3v) is 4.09. The molecule has 3 aromatic rings. The third-order valence-electron chi connectivity index (χ3n) is 4.09. The molecule has 0 aliphatic carbocycles. The first kappa shape index (κ1) is 21.6. The van der Waals surface area contributed by atoms with E-state index in [1.807, 2.05) is 6.07 Å². The molecule has 0 fully saturated rings. The van der Waals surface area contributed by atoms with E-state index in [1.165, 1.54) is 36.4 Å². The molecule has 0 saturated carbocycles. The molecule has 3 N–H and O–H groups in total. The van der Waals surface area contributed by atoms with Crippen molar-refractivity contribution < 1.29 is 22.8 Å². The van der Waals surface area contributed by atoms with E-state index in [9.17, 15) is 22.8 Å². The second-order valence-corrected chi connectivity index (χ2v) is 6.44. The number of halogens is 3. The highest BCUT2D eigenvalue weighted by Crippen LogP contribution is 2.33. The van der Waals surface area contributed by atoms with E-state index in [4.69, 9.17) is 0 Å². The van der Waals surface area contributed by atoms with E-state index in [0.29, 0.717) is 17.5 Å². The number of nitrogens with one attached hydrogen (secondary N) is 3. The van der Waals surface area contributed by atoms with Gasteiger partial charge in [0, 0.05) is 23.1 Å². The Morgan fingerprint density at radius 1 is 0.677 bits per heavy atom. The van der Waals surface area contributed by atoms with Crippen molar-refractivity contribution in [1.29, 1.82) is 0 Å². The van der Waals surface area contributed by atoms with E-state index in [2.05, 4.69) is 16.0 Å². The van der Waals surface area contributed by atoms with E-state index < -0.39 is 23.7 Å².